The van der Waals surface area contributed by atoms with Gasteiger partial charge in [0.25, 0.3) is 11.8 Å². The number of ether oxygens (including phenoxy) is 2. The number of carbonyl (C=O) groups excluding carboxylic acids is 2. The number of amides is 2. The molecule has 4 rings (SSSR count). The summed E-state index contributed by atoms with van der Waals surface area (Å²) in [7, 11) is 1.47. The third-order valence-electron chi connectivity index (χ3n) is 4.96. The summed E-state index contributed by atoms with van der Waals surface area (Å²) in [5.74, 6) is -0.709. The van der Waals surface area contributed by atoms with Gasteiger partial charge in [-0.2, -0.15) is 0 Å². The lowest BCUT2D eigenvalue weighted by molar-refractivity contribution is -0.122. The molecular formula is C25H19FN2O4S. The van der Waals surface area contributed by atoms with E-state index in [0.717, 1.165) is 0 Å². The van der Waals surface area contributed by atoms with Crippen LogP contribution in [-0.4, -0.2) is 24.0 Å². The molecule has 0 aliphatic carbocycles. The number of rotatable bonds is 6. The number of para-hydroxylation sites is 1. The first kappa shape index (κ1) is 22.2. The van der Waals surface area contributed by atoms with Crippen LogP contribution in [0, 0.1) is 5.82 Å². The summed E-state index contributed by atoms with van der Waals surface area (Å²) in [6, 6.07) is 20.1. The van der Waals surface area contributed by atoms with Crippen molar-refractivity contribution in [2.45, 2.75) is 6.61 Å². The van der Waals surface area contributed by atoms with Crippen molar-refractivity contribution < 1.29 is 23.5 Å². The summed E-state index contributed by atoms with van der Waals surface area (Å²) >= 11 is 5.20. The average molecular weight is 463 g/mol. The van der Waals surface area contributed by atoms with Gasteiger partial charge >= 0.3 is 0 Å². The van der Waals surface area contributed by atoms with Gasteiger partial charge in [0.05, 0.1) is 12.8 Å². The van der Waals surface area contributed by atoms with Crippen molar-refractivity contribution in [2.75, 3.05) is 12.0 Å². The Morgan fingerprint density at radius 3 is 2.45 bits per heavy atom. The van der Waals surface area contributed by atoms with Crippen LogP contribution in [0.5, 0.6) is 11.5 Å². The van der Waals surface area contributed by atoms with Crippen LogP contribution in [0.3, 0.4) is 0 Å². The first-order valence-corrected chi connectivity index (χ1v) is 10.4. The van der Waals surface area contributed by atoms with Gasteiger partial charge in [-0.15, -0.1) is 0 Å². The lowest BCUT2D eigenvalue weighted by atomic mass is 10.1. The minimum atomic E-state index is -0.587. The number of methoxy groups -OCH3 is 1. The molecule has 0 unspecified atom stereocenters. The molecule has 0 radical (unpaired) electrons. The Morgan fingerprint density at radius 1 is 1.00 bits per heavy atom. The molecule has 3 aromatic carbocycles. The topological polar surface area (TPSA) is 67.9 Å². The van der Waals surface area contributed by atoms with Crippen molar-refractivity contribution in [1.29, 1.82) is 0 Å². The Hall–Kier alpha value is -4.04. The largest absolute Gasteiger partial charge is 0.493 e. The number of hydrogen-bond donors (Lipinski definition) is 1. The van der Waals surface area contributed by atoms with Crippen molar-refractivity contribution in [1.82, 2.24) is 5.32 Å². The van der Waals surface area contributed by atoms with Gasteiger partial charge in [-0.05, 0) is 54.2 Å². The molecule has 8 heteroatoms. The normalized spacial score (nSPS) is 14.9. The van der Waals surface area contributed by atoms with Crippen LogP contribution in [0.15, 0.2) is 78.4 Å². The highest BCUT2D eigenvalue weighted by molar-refractivity contribution is 7.80. The highest BCUT2D eigenvalue weighted by atomic mass is 32.1. The highest BCUT2D eigenvalue weighted by Gasteiger charge is 2.34. The number of nitrogens with zero attached hydrogens (tertiary/aromatic N) is 1. The molecule has 1 aliphatic heterocycles. The summed E-state index contributed by atoms with van der Waals surface area (Å²) in [4.78, 5) is 26.9. The van der Waals surface area contributed by atoms with Crippen molar-refractivity contribution in [3.8, 4) is 11.5 Å². The van der Waals surface area contributed by atoms with Crippen LogP contribution in [0.2, 0.25) is 0 Å². The molecular weight excluding hydrogens is 443 g/mol. The van der Waals surface area contributed by atoms with Crippen LogP contribution in [0.25, 0.3) is 6.08 Å². The van der Waals surface area contributed by atoms with Crippen LogP contribution in [0.4, 0.5) is 10.1 Å². The summed E-state index contributed by atoms with van der Waals surface area (Å²) in [5, 5.41) is 2.57. The van der Waals surface area contributed by atoms with Crippen LogP contribution >= 0.6 is 12.2 Å². The van der Waals surface area contributed by atoms with Crippen molar-refractivity contribution in [3.63, 3.8) is 0 Å². The van der Waals surface area contributed by atoms with E-state index in [0.29, 0.717) is 28.3 Å². The van der Waals surface area contributed by atoms with E-state index >= 15 is 0 Å². The fraction of sp³-hybridized carbons (Fsp3) is 0.0800. The number of hydrogen-bond acceptors (Lipinski definition) is 5. The van der Waals surface area contributed by atoms with Crippen LogP contribution in [0.1, 0.15) is 11.1 Å². The van der Waals surface area contributed by atoms with Gasteiger partial charge in [-0.1, -0.05) is 42.5 Å². The third kappa shape index (κ3) is 4.75. The predicted molar refractivity (Wildman–Crippen MR) is 126 cm³/mol. The smallest absolute Gasteiger partial charge is 0.270 e. The Balaban J connectivity index is 1.60. The van der Waals surface area contributed by atoms with Gasteiger partial charge < -0.3 is 9.47 Å². The van der Waals surface area contributed by atoms with E-state index in [1.807, 2.05) is 6.07 Å². The first-order chi connectivity index (χ1) is 16.0. The maximum atomic E-state index is 13.9. The standard InChI is InChI=1S/C25H19FN2O4S/c1-31-22-14-16(11-12-21(22)32-15-17-7-5-6-10-20(17)26)13-19-23(29)27-25(33)28(24(19)30)18-8-3-2-4-9-18/h2-14H,15H2,1H3,(H,27,29,33)/b19-13-. The van der Waals surface area contributed by atoms with E-state index < -0.39 is 11.8 Å². The minimum absolute atomic E-state index is 0.0165. The molecule has 1 aliphatic rings. The maximum Gasteiger partial charge on any atom is 0.270 e. The van der Waals surface area contributed by atoms with Gasteiger partial charge in [-0.3, -0.25) is 19.8 Å². The van der Waals surface area contributed by atoms with Gasteiger partial charge in [0, 0.05) is 5.56 Å². The molecule has 0 atom stereocenters. The lowest BCUT2D eigenvalue weighted by Gasteiger charge is -2.28. The van der Waals surface area contributed by atoms with Crippen LogP contribution < -0.4 is 19.7 Å². The molecule has 166 valence electrons. The second kappa shape index (κ2) is 9.62. The van der Waals surface area contributed by atoms with E-state index in [1.165, 1.54) is 24.2 Å². The summed E-state index contributed by atoms with van der Waals surface area (Å²) in [6.45, 7) is 0.0217. The van der Waals surface area contributed by atoms with Gasteiger partial charge in [-0.25, -0.2) is 4.39 Å². The number of anilines is 1. The molecule has 2 amide bonds. The molecule has 1 N–H and O–H groups in total. The predicted octanol–water partition coefficient (Wildman–Crippen LogP) is 4.24. The molecule has 0 spiro atoms. The van der Waals surface area contributed by atoms with E-state index in [1.54, 1.807) is 60.7 Å². The Bertz CT molecular complexity index is 1260. The zero-order chi connectivity index (χ0) is 23.4. The molecule has 1 saturated heterocycles. The number of carbonyl (C=O) groups is 2. The van der Waals surface area contributed by atoms with E-state index in [4.69, 9.17) is 21.7 Å². The van der Waals surface area contributed by atoms with Gasteiger partial charge in [0.1, 0.15) is 18.0 Å². The zero-order valence-electron chi connectivity index (χ0n) is 17.6. The molecule has 3 aromatic rings. The maximum absolute atomic E-state index is 13.9. The quantitative estimate of drug-likeness (QED) is 0.337. The number of halogens is 1. The van der Waals surface area contributed by atoms with E-state index in [-0.39, 0.29) is 23.1 Å². The molecule has 0 aromatic heterocycles. The van der Waals surface area contributed by atoms with Gasteiger partial charge in [0.15, 0.2) is 16.6 Å². The Kier molecular flexibility index (Phi) is 6.46. The monoisotopic (exact) mass is 462 g/mol. The molecule has 1 fully saturated rings. The SMILES string of the molecule is COc1cc(/C=C2/C(=O)NC(=S)N(c3ccccc3)C2=O)ccc1OCc1ccccc1F. The summed E-state index contributed by atoms with van der Waals surface area (Å²) in [6.07, 6.45) is 1.46. The van der Waals surface area contributed by atoms with Crippen molar-refractivity contribution >= 4 is 40.9 Å². The Morgan fingerprint density at radius 2 is 1.73 bits per heavy atom. The average Bonchev–Trinajstić information content (AvgIpc) is 2.82. The number of benzene rings is 3. The minimum Gasteiger partial charge on any atom is -0.493 e. The third-order valence-corrected chi connectivity index (χ3v) is 5.24. The van der Waals surface area contributed by atoms with Gasteiger partial charge in [0.2, 0.25) is 0 Å². The second-order valence-corrected chi connectivity index (χ2v) is 7.47. The van der Waals surface area contributed by atoms with Crippen molar-refractivity contribution in [3.05, 3.63) is 95.3 Å². The van der Waals surface area contributed by atoms with Crippen molar-refractivity contribution in [2.24, 2.45) is 0 Å². The number of thiocarbonyl (C=S) groups is 1. The molecule has 33 heavy (non-hydrogen) atoms. The molecule has 6 nitrogen and oxygen atoms in total. The molecule has 1 heterocycles. The molecule has 0 saturated carbocycles. The summed E-state index contributed by atoms with van der Waals surface area (Å²) in [5.41, 5.74) is 1.43. The van der Waals surface area contributed by atoms with E-state index in [2.05, 4.69) is 5.32 Å². The first-order valence-electron chi connectivity index (χ1n) is 9.98. The second-order valence-electron chi connectivity index (χ2n) is 7.08. The molecule has 0 bridgehead atoms. The Labute approximate surface area is 195 Å². The van der Waals surface area contributed by atoms with E-state index in [9.17, 15) is 14.0 Å². The zero-order valence-corrected chi connectivity index (χ0v) is 18.4. The number of nitrogens with one attached hydrogen (secondary N) is 1. The van der Waals surface area contributed by atoms with Crippen LogP contribution in [-0.2, 0) is 16.2 Å². The summed E-state index contributed by atoms with van der Waals surface area (Å²) < 4.78 is 25.0. The highest BCUT2D eigenvalue weighted by Crippen LogP contribution is 2.30. The lowest BCUT2D eigenvalue weighted by Crippen LogP contribution is -2.54. The fourth-order valence-electron chi connectivity index (χ4n) is 3.30. The fourth-order valence-corrected chi connectivity index (χ4v) is 3.58.